The number of hydrogen-bond donors (Lipinski definition) is 3. The van der Waals surface area contributed by atoms with Crippen LogP contribution >= 0.6 is 11.8 Å². The molecule has 1 aromatic rings. The van der Waals surface area contributed by atoms with E-state index in [2.05, 4.69) is 20.9 Å². The second-order valence-electron chi connectivity index (χ2n) is 5.64. The molecule has 0 radical (unpaired) electrons. The van der Waals surface area contributed by atoms with Crippen molar-refractivity contribution in [1.82, 2.24) is 16.0 Å². The molecule has 0 spiro atoms. The van der Waals surface area contributed by atoms with E-state index < -0.39 is 0 Å². The smallest absolute Gasteiger partial charge is 0.251 e. The van der Waals surface area contributed by atoms with Crippen LogP contribution in [0, 0.1) is 6.92 Å². The molecule has 5 nitrogen and oxygen atoms in total. The average Bonchev–Trinajstić information content (AvgIpc) is 3.07. The lowest BCUT2D eigenvalue weighted by molar-refractivity contribution is 0.0954. The number of benzene rings is 1. The number of nitrogens with zero attached hydrogens (tertiary/aromatic N) is 1. The van der Waals surface area contributed by atoms with Crippen LogP contribution in [0.4, 0.5) is 0 Å². The molecule has 1 atom stereocenters. The van der Waals surface area contributed by atoms with Gasteiger partial charge in [0.1, 0.15) is 0 Å². The third-order valence-electron chi connectivity index (χ3n) is 3.73. The van der Waals surface area contributed by atoms with Gasteiger partial charge in [-0.3, -0.25) is 9.79 Å². The predicted octanol–water partition coefficient (Wildman–Crippen LogP) is 1.79. The lowest BCUT2D eigenvalue weighted by Gasteiger charge is -2.15. The van der Waals surface area contributed by atoms with Crippen molar-refractivity contribution in [2.24, 2.45) is 4.99 Å². The van der Waals surface area contributed by atoms with Crippen LogP contribution in [0.25, 0.3) is 0 Å². The fourth-order valence-electron chi connectivity index (χ4n) is 2.48. The molecule has 1 heterocycles. The molecule has 23 heavy (non-hydrogen) atoms. The fraction of sp³-hybridized carbons (Fsp3) is 0.529. The molecule has 1 saturated heterocycles. The molecule has 1 amide bonds. The standard InChI is InChI=1S/C17H26N4OS/c1-13-5-3-6-14(11-13)16(22)19-8-9-20-17(18-2)21-12-15-7-4-10-23-15/h3,5-6,11,15H,4,7-10,12H2,1-2H3,(H,19,22)(H2,18,20,21). The second kappa shape index (κ2) is 9.45. The molecule has 6 heteroatoms. The van der Waals surface area contributed by atoms with Crippen LogP contribution in [0.1, 0.15) is 28.8 Å². The molecular weight excluding hydrogens is 308 g/mol. The number of rotatable bonds is 6. The first-order valence-electron chi connectivity index (χ1n) is 8.10. The lowest BCUT2D eigenvalue weighted by atomic mass is 10.1. The summed E-state index contributed by atoms with van der Waals surface area (Å²) in [6.45, 7) is 4.14. The minimum Gasteiger partial charge on any atom is -0.355 e. The van der Waals surface area contributed by atoms with Gasteiger partial charge in [0.05, 0.1) is 0 Å². The molecule has 1 fully saturated rings. The van der Waals surface area contributed by atoms with Crippen molar-refractivity contribution < 1.29 is 4.79 Å². The molecule has 0 aliphatic carbocycles. The Kier molecular flexibility index (Phi) is 7.26. The first kappa shape index (κ1) is 17.7. The van der Waals surface area contributed by atoms with E-state index >= 15 is 0 Å². The molecule has 1 aromatic carbocycles. The van der Waals surface area contributed by atoms with E-state index in [-0.39, 0.29) is 5.91 Å². The third kappa shape index (κ3) is 6.14. The SMILES string of the molecule is CN=C(NCCNC(=O)c1cccc(C)c1)NCC1CCCS1. The van der Waals surface area contributed by atoms with E-state index in [4.69, 9.17) is 0 Å². The predicted molar refractivity (Wildman–Crippen MR) is 98.4 cm³/mol. The fourth-order valence-corrected chi connectivity index (χ4v) is 3.68. The van der Waals surface area contributed by atoms with Crippen LogP contribution < -0.4 is 16.0 Å². The Morgan fingerprint density at radius 1 is 1.30 bits per heavy atom. The first-order valence-corrected chi connectivity index (χ1v) is 9.15. The number of guanidine groups is 1. The summed E-state index contributed by atoms with van der Waals surface area (Å²) in [5, 5.41) is 10.2. The zero-order valence-corrected chi connectivity index (χ0v) is 14.7. The quantitative estimate of drug-likeness (QED) is 0.422. The highest BCUT2D eigenvalue weighted by Gasteiger charge is 2.15. The number of hydrogen-bond acceptors (Lipinski definition) is 3. The van der Waals surface area contributed by atoms with Gasteiger partial charge in [0, 0.05) is 37.5 Å². The second-order valence-corrected chi connectivity index (χ2v) is 7.05. The van der Waals surface area contributed by atoms with Crippen molar-refractivity contribution in [3.05, 3.63) is 35.4 Å². The topological polar surface area (TPSA) is 65.5 Å². The highest BCUT2D eigenvalue weighted by Crippen LogP contribution is 2.25. The number of carbonyl (C=O) groups is 1. The van der Waals surface area contributed by atoms with Crippen molar-refractivity contribution >= 4 is 23.6 Å². The van der Waals surface area contributed by atoms with E-state index in [1.54, 1.807) is 7.05 Å². The van der Waals surface area contributed by atoms with Crippen molar-refractivity contribution in [3.63, 3.8) is 0 Å². The van der Waals surface area contributed by atoms with Crippen molar-refractivity contribution in [1.29, 1.82) is 0 Å². The summed E-state index contributed by atoms with van der Waals surface area (Å²) in [4.78, 5) is 16.2. The maximum Gasteiger partial charge on any atom is 0.251 e. The number of aryl methyl sites for hydroxylation is 1. The Bertz CT molecular complexity index is 541. The maximum atomic E-state index is 12.0. The van der Waals surface area contributed by atoms with Crippen molar-refractivity contribution in [2.45, 2.75) is 25.0 Å². The molecule has 1 aliphatic heterocycles. The largest absolute Gasteiger partial charge is 0.355 e. The van der Waals surface area contributed by atoms with Gasteiger partial charge in [0.25, 0.3) is 5.91 Å². The molecule has 0 saturated carbocycles. The molecule has 0 bridgehead atoms. The van der Waals surface area contributed by atoms with Crippen LogP contribution in [-0.2, 0) is 0 Å². The summed E-state index contributed by atoms with van der Waals surface area (Å²) < 4.78 is 0. The van der Waals surface area contributed by atoms with E-state index in [0.717, 1.165) is 18.1 Å². The highest BCUT2D eigenvalue weighted by atomic mass is 32.2. The normalized spacial score (nSPS) is 17.8. The van der Waals surface area contributed by atoms with Gasteiger partial charge in [0.15, 0.2) is 5.96 Å². The number of amides is 1. The van der Waals surface area contributed by atoms with Gasteiger partial charge in [-0.2, -0.15) is 11.8 Å². The van der Waals surface area contributed by atoms with Crippen LogP contribution in [0.5, 0.6) is 0 Å². The minimum absolute atomic E-state index is 0.0409. The van der Waals surface area contributed by atoms with E-state index in [1.165, 1.54) is 18.6 Å². The molecule has 126 valence electrons. The lowest BCUT2D eigenvalue weighted by Crippen LogP contribution is -2.43. The zero-order chi connectivity index (χ0) is 16.5. The zero-order valence-electron chi connectivity index (χ0n) is 13.9. The summed E-state index contributed by atoms with van der Waals surface area (Å²) in [7, 11) is 1.77. The molecule has 2 rings (SSSR count). The Balaban J connectivity index is 1.64. The molecule has 0 aromatic heterocycles. The van der Waals surface area contributed by atoms with E-state index in [0.29, 0.717) is 23.9 Å². The maximum absolute atomic E-state index is 12.0. The number of nitrogens with one attached hydrogen (secondary N) is 3. The van der Waals surface area contributed by atoms with E-state index in [9.17, 15) is 4.79 Å². The molecular formula is C17H26N4OS. The van der Waals surface area contributed by atoms with Crippen molar-refractivity contribution in [2.75, 3.05) is 32.4 Å². The summed E-state index contributed by atoms with van der Waals surface area (Å²) in [6, 6.07) is 7.60. The van der Waals surface area contributed by atoms with Crippen LogP contribution in [0.2, 0.25) is 0 Å². The summed E-state index contributed by atoms with van der Waals surface area (Å²) in [5.74, 6) is 2.02. The highest BCUT2D eigenvalue weighted by molar-refractivity contribution is 8.00. The Hall–Kier alpha value is -1.69. The van der Waals surface area contributed by atoms with Gasteiger partial charge in [-0.25, -0.2) is 0 Å². The van der Waals surface area contributed by atoms with Crippen LogP contribution in [0.3, 0.4) is 0 Å². The van der Waals surface area contributed by atoms with Crippen LogP contribution in [-0.4, -0.2) is 49.6 Å². The number of aliphatic imine (C=N–C) groups is 1. The summed E-state index contributed by atoms with van der Waals surface area (Å²) >= 11 is 2.02. The van der Waals surface area contributed by atoms with Gasteiger partial charge >= 0.3 is 0 Å². The van der Waals surface area contributed by atoms with Gasteiger partial charge in [0.2, 0.25) is 0 Å². The molecule has 1 aliphatic rings. The van der Waals surface area contributed by atoms with Gasteiger partial charge in [-0.05, 0) is 37.7 Å². The minimum atomic E-state index is -0.0409. The molecule has 3 N–H and O–H groups in total. The number of thioether (sulfide) groups is 1. The number of carbonyl (C=O) groups excluding carboxylic acids is 1. The first-order chi connectivity index (χ1) is 11.2. The summed E-state index contributed by atoms with van der Waals surface area (Å²) in [6.07, 6.45) is 2.59. The third-order valence-corrected chi connectivity index (χ3v) is 5.13. The Morgan fingerprint density at radius 2 is 2.13 bits per heavy atom. The average molecular weight is 334 g/mol. The van der Waals surface area contributed by atoms with Gasteiger partial charge < -0.3 is 16.0 Å². The molecule has 1 unspecified atom stereocenters. The Labute approximate surface area is 142 Å². The van der Waals surface area contributed by atoms with Crippen LogP contribution in [0.15, 0.2) is 29.3 Å². The van der Waals surface area contributed by atoms with Crippen molar-refractivity contribution in [3.8, 4) is 0 Å². The van der Waals surface area contributed by atoms with E-state index in [1.807, 2.05) is 43.0 Å². The monoisotopic (exact) mass is 334 g/mol. The Morgan fingerprint density at radius 3 is 2.83 bits per heavy atom. The van der Waals surface area contributed by atoms with Gasteiger partial charge in [-0.1, -0.05) is 17.7 Å². The summed E-state index contributed by atoms with van der Waals surface area (Å²) in [5.41, 5.74) is 1.79. The van der Waals surface area contributed by atoms with Gasteiger partial charge in [-0.15, -0.1) is 0 Å².